The number of carboxylic acid groups (broad SMARTS) is 1. The third kappa shape index (κ3) is 4.04. The molecule has 4 atom stereocenters. The fraction of sp³-hybridized carbons (Fsp3) is 0.400. The van der Waals surface area contributed by atoms with E-state index in [-0.39, 0.29) is 11.4 Å². The zero-order valence-electron chi connectivity index (χ0n) is 15.0. The van der Waals surface area contributed by atoms with Crippen molar-refractivity contribution in [3.05, 3.63) is 27.9 Å². The maximum atomic E-state index is 12.7. The van der Waals surface area contributed by atoms with Gasteiger partial charge in [-0.25, -0.2) is 4.79 Å². The van der Waals surface area contributed by atoms with Crippen LogP contribution in [0.2, 0.25) is 0 Å². The number of amides is 2. The molecule has 6 N–H and O–H groups in total. The Hall–Kier alpha value is -1.78. The number of nitrogens with two attached hydrogens (primary N) is 1. The van der Waals surface area contributed by atoms with E-state index in [1.54, 1.807) is 10.9 Å². The number of nitrogens with one attached hydrogen (secondary N) is 2. The monoisotopic (exact) mass is 488 g/mol. The molecule has 0 saturated carbocycles. The molecule has 0 aliphatic carbocycles. The van der Waals surface area contributed by atoms with Crippen molar-refractivity contribution in [3.63, 3.8) is 0 Å². The van der Waals surface area contributed by atoms with Gasteiger partial charge in [0.05, 0.1) is 5.70 Å². The largest absolute Gasteiger partial charge is 0.477 e. The molecule has 4 heterocycles. The van der Waals surface area contributed by atoms with Crippen LogP contribution in [0.25, 0.3) is 0 Å². The van der Waals surface area contributed by atoms with Crippen molar-refractivity contribution in [1.29, 1.82) is 0 Å². The number of nitrogens with zero attached hydrogens (tertiary/aromatic N) is 3. The van der Waals surface area contributed by atoms with E-state index in [9.17, 15) is 24.6 Å². The number of hydrogen-bond donors (Lipinski definition) is 5. The number of hydrogen-bond acceptors (Lipinski definition) is 12. The Morgan fingerprint density at radius 2 is 2.30 bits per heavy atom. The van der Waals surface area contributed by atoms with E-state index in [4.69, 9.17) is 5.73 Å². The first-order valence-electron chi connectivity index (χ1n) is 8.52. The number of aliphatic hydroxyl groups excluding tert-OH is 1. The van der Waals surface area contributed by atoms with Crippen LogP contribution in [0, 0.1) is 0 Å². The van der Waals surface area contributed by atoms with Crippen LogP contribution >= 0.6 is 46.6 Å². The quantitative estimate of drug-likeness (QED) is 0.238. The van der Waals surface area contributed by atoms with Crippen molar-refractivity contribution in [1.82, 2.24) is 25.7 Å². The molecule has 4 rings (SSSR count). The van der Waals surface area contributed by atoms with Gasteiger partial charge in [0.25, 0.3) is 11.8 Å². The highest BCUT2D eigenvalue weighted by molar-refractivity contribution is 8.03. The van der Waals surface area contributed by atoms with Gasteiger partial charge in [-0.3, -0.25) is 14.5 Å². The molecule has 11 nitrogen and oxygen atoms in total. The summed E-state index contributed by atoms with van der Waals surface area (Å²) in [4.78, 5) is 38.1. The molecule has 1 aromatic heterocycles. The molecule has 1 aromatic rings. The second kappa shape index (κ2) is 8.76. The molecule has 2 amide bonds. The summed E-state index contributed by atoms with van der Waals surface area (Å²) in [6.07, 6.45) is -1.49. The predicted octanol–water partition coefficient (Wildman–Crippen LogP) is -0.850. The van der Waals surface area contributed by atoms with Crippen LogP contribution in [-0.2, 0) is 14.4 Å². The fourth-order valence-corrected chi connectivity index (χ4v) is 6.73. The van der Waals surface area contributed by atoms with Gasteiger partial charge in [-0.1, -0.05) is 34.9 Å². The SMILES string of the molecule is NC1NC(C(O)C(=O)NC2C(=O)N3C(C(=O)O)=C(CSc4nncs4)CS[C@H]23)=CS1. The van der Waals surface area contributed by atoms with Crippen molar-refractivity contribution in [2.75, 3.05) is 11.5 Å². The van der Waals surface area contributed by atoms with Gasteiger partial charge < -0.3 is 26.6 Å². The van der Waals surface area contributed by atoms with Crippen LogP contribution in [0.3, 0.4) is 0 Å². The van der Waals surface area contributed by atoms with Crippen LogP contribution in [-0.4, -0.2) is 77.6 Å². The van der Waals surface area contributed by atoms with E-state index in [0.717, 1.165) is 0 Å². The second-order valence-electron chi connectivity index (χ2n) is 6.32. The van der Waals surface area contributed by atoms with Crippen molar-refractivity contribution in [2.24, 2.45) is 5.73 Å². The van der Waals surface area contributed by atoms with Gasteiger partial charge in [-0.05, 0) is 11.0 Å². The number of aliphatic hydroxyl groups is 1. The average Bonchev–Trinajstić information content (AvgIpc) is 3.40. The highest BCUT2D eigenvalue weighted by atomic mass is 32.2. The van der Waals surface area contributed by atoms with E-state index < -0.39 is 40.8 Å². The van der Waals surface area contributed by atoms with Crippen molar-refractivity contribution in [2.45, 2.75) is 27.4 Å². The maximum Gasteiger partial charge on any atom is 0.352 e. The summed E-state index contributed by atoms with van der Waals surface area (Å²) >= 11 is 5.29. The number of aliphatic carboxylic acids is 1. The molecule has 0 radical (unpaired) electrons. The van der Waals surface area contributed by atoms with Gasteiger partial charge in [0.15, 0.2) is 10.4 Å². The first kappa shape index (κ1) is 21.5. The molecule has 160 valence electrons. The average molecular weight is 489 g/mol. The lowest BCUT2D eigenvalue weighted by atomic mass is 10.0. The van der Waals surface area contributed by atoms with E-state index in [2.05, 4.69) is 20.8 Å². The molecular weight excluding hydrogens is 472 g/mol. The lowest BCUT2D eigenvalue weighted by molar-refractivity contribution is -0.151. The molecule has 3 unspecified atom stereocenters. The van der Waals surface area contributed by atoms with Gasteiger partial charge >= 0.3 is 5.97 Å². The summed E-state index contributed by atoms with van der Waals surface area (Å²) in [6.45, 7) is 0. The zero-order chi connectivity index (χ0) is 21.4. The third-order valence-electron chi connectivity index (χ3n) is 4.45. The van der Waals surface area contributed by atoms with Gasteiger partial charge in [-0.15, -0.1) is 22.0 Å². The van der Waals surface area contributed by atoms with Crippen LogP contribution in [0.4, 0.5) is 0 Å². The summed E-state index contributed by atoms with van der Waals surface area (Å²) in [7, 11) is 0. The molecule has 0 aromatic carbocycles. The lowest BCUT2D eigenvalue weighted by Crippen LogP contribution is -2.71. The number of carbonyl (C=O) groups excluding carboxylic acids is 2. The van der Waals surface area contributed by atoms with Crippen molar-refractivity contribution < 1.29 is 24.6 Å². The number of rotatable bonds is 7. The predicted molar refractivity (Wildman–Crippen MR) is 113 cm³/mol. The molecule has 1 fully saturated rings. The Kier molecular flexibility index (Phi) is 6.26. The standard InChI is InChI=1S/C15H16N6O5S4/c16-14-18-6(3-28-14)9(22)10(23)19-7-11(24)21-8(13(25)26)5(1-27-12(7)21)2-29-15-20-17-4-30-15/h3-4,7,9,12,14,18,22H,1-2,16H2,(H,19,23)(H,25,26)/t7?,9?,12-,14?/m1/s1. The van der Waals surface area contributed by atoms with Gasteiger partial charge in [0.2, 0.25) is 0 Å². The van der Waals surface area contributed by atoms with Crippen molar-refractivity contribution >= 4 is 64.4 Å². The van der Waals surface area contributed by atoms with E-state index in [1.807, 2.05) is 0 Å². The number of aromatic nitrogens is 2. The van der Waals surface area contributed by atoms with Gasteiger partial charge in [0.1, 0.15) is 28.1 Å². The molecule has 0 spiro atoms. The van der Waals surface area contributed by atoms with Crippen LogP contribution in [0.1, 0.15) is 0 Å². The highest BCUT2D eigenvalue weighted by Crippen LogP contribution is 2.41. The summed E-state index contributed by atoms with van der Waals surface area (Å²) in [6, 6.07) is -0.910. The Labute approximate surface area is 186 Å². The molecule has 30 heavy (non-hydrogen) atoms. The summed E-state index contributed by atoms with van der Waals surface area (Å²) < 4.78 is 0.709. The minimum atomic E-state index is -1.49. The molecule has 15 heteroatoms. The zero-order valence-corrected chi connectivity index (χ0v) is 18.3. The first-order valence-corrected chi connectivity index (χ1v) is 12.4. The number of fused-ring (bicyclic) bond motifs is 1. The summed E-state index contributed by atoms with van der Waals surface area (Å²) in [5.41, 5.74) is 7.59. The molecule has 3 aliphatic rings. The molecular formula is C15H16N6O5S4. The first-order chi connectivity index (χ1) is 14.4. The van der Waals surface area contributed by atoms with Gasteiger partial charge in [-0.2, -0.15) is 0 Å². The topological polar surface area (TPSA) is 171 Å². The Morgan fingerprint density at radius 3 is 2.93 bits per heavy atom. The maximum absolute atomic E-state index is 12.7. The number of thioether (sulfide) groups is 3. The molecule has 1 saturated heterocycles. The Morgan fingerprint density at radius 1 is 1.50 bits per heavy atom. The van der Waals surface area contributed by atoms with Crippen LogP contribution in [0.5, 0.6) is 0 Å². The van der Waals surface area contributed by atoms with Crippen LogP contribution in [0.15, 0.2) is 32.2 Å². The highest BCUT2D eigenvalue weighted by Gasteiger charge is 2.54. The van der Waals surface area contributed by atoms with Crippen molar-refractivity contribution in [3.8, 4) is 0 Å². The lowest BCUT2D eigenvalue weighted by Gasteiger charge is -2.49. The molecule has 0 bridgehead atoms. The van der Waals surface area contributed by atoms with E-state index in [1.165, 1.54) is 51.5 Å². The molecule has 3 aliphatic heterocycles. The summed E-state index contributed by atoms with van der Waals surface area (Å²) in [5, 5.41) is 33.8. The minimum Gasteiger partial charge on any atom is -0.477 e. The van der Waals surface area contributed by atoms with Gasteiger partial charge in [0, 0.05) is 11.5 Å². The fourth-order valence-electron chi connectivity index (χ4n) is 3.06. The third-order valence-corrected chi connectivity index (χ3v) is 8.54. The second-order valence-corrected chi connectivity index (χ2v) is 10.5. The van der Waals surface area contributed by atoms with Crippen LogP contribution < -0.4 is 16.4 Å². The number of carboxylic acids is 1. The smallest absolute Gasteiger partial charge is 0.352 e. The summed E-state index contributed by atoms with van der Waals surface area (Å²) in [5.74, 6) is -1.70. The Balaban J connectivity index is 1.43. The Bertz CT molecular complexity index is 938. The minimum absolute atomic E-state index is 0.0608. The number of carbonyl (C=O) groups is 3. The van der Waals surface area contributed by atoms with E-state index >= 15 is 0 Å². The van der Waals surface area contributed by atoms with E-state index in [0.29, 0.717) is 21.4 Å². The normalized spacial score (nSPS) is 26.5. The number of β-lactam (4-membered cyclic amide) rings is 1.